The van der Waals surface area contributed by atoms with Gasteiger partial charge in [0.05, 0.1) is 12.2 Å². The van der Waals surface area contributed by atoms with Crippen molar-refractivity contribution in [2.75, 3.05) is 19.8 Å². The van der Waals surface area contributed by atoms with Crippen molar-refractivity contribution in [2.24, 2.45) is 17.5 Å². The number of aryl methyl sites for hydroxylation is 1. The van der Waals surface area contributed by atoms with Crippen LogP contribution in [0.5, 0.6) is 0 Å². The second-order valence-corrected chi connectivity index (χ2v) is 8.37. The molecule has 8 heteroatoms. The Kier molecular flexibility index (Phi) is 5.87. The van der Waals surface area contributed by atoms with Crippen LogP contribution >= 0.6 is 0 Å². The van der Waals surface area contributed by atoms with Gasteiger partial charge in [-0.2, -0.15) is 0 Å². The molecule has 3 atom stereocenters. The minimum Gasteiger partial charge on any atom is -0.378 e. The van der Waals surface area contributed by atoms with E-state index in [1.54, 1.807) is 0 Å². The fourth-order valence-corrected chi connectivity index (χ4v) is 4.71. The number of ether oxygens (including phenoxy) is 2. The summed E-state index contributed by atoms with van der Waals surface area (Å²) in [6, 6.07) is 0.426. The van der Waals surface area contributed by atoms with Crippen LogP contribution in [0.1, 0.15) is 57.1 Å². The molecule has 156 valence electrons. The molecule has 1 aliphatic heterocycles. The van der Waals surface area contributed by atoms with Crippen LogP contribution in [0.2, 0.25) is 0 Å². The Balaban J connectivity index is 1.41. The highest BCUT2D eigenvalue weighted by Gasteiger charge is 2.59. The average molecular weight is 391 g/mol. The highest BCUT2D eigenvalue weighted by molar-refractivity contribution is 5.80. The molecular formula is C20H34N6O2. The van der Waals surface area contributed by atoms with E-state index in [1.807, 2.05) is 18.5 Å². The Hall–Kier alpha value is -1.67. The maximum atomic E-state index is 5.99. The summed E-state index contributed by atoms with van der Waals surface area (Å²) in [7, 11) is 1.98. The highest BCUT2D eigenvalue weighted by atomic mass is 16.5. The first kappa shape index (κ1) is 19.6. The van der Waals surface area contributed by atoms with Gasteiger partial charge in [-0.05, 0) is 46.0 Å². The zero-order valence-corrected chi connectivity index (χ0v) is 17.4. The summed E-state index contributed by atoms with van der Waals surface area (Å²) in [6.45, 7) is 7.00. The number of aromatic nitrogens is 3. The third kappa shape index (κ3) is 3.76. The minimum absolute atomic E-state index is 0.277. The predicted molar refractivity (Wildman–Crippen MR) is 107 cm³/mol. The zero-order valence-electron chi connectivity index (χ0n) is 17.4. The first-order valence-electron chi connectivity index (χ1n) is 10.8. The first-order chi connectivity index (χ1) is 13.6. The maximum Gasteiger partial charge on any atom is 0.192 e. The van der Waals surface area contributed by atoms with Gasteiger partial charge in [-0.15, -0.1) is 10.2 Å². The van der Waals surface area contributed by atoms with Crippen molar-refractivity contribution in [2.45, 2.75) is 77.2 Å². The summed E-state index contributed by atoms with van der Waals surface area (Å²) in [5.74, 6) is 2.62. The van der Waals surface area contributed by atoms with E-state index in [0.717, 1.165) is 56.6 Å². The molecule has 3 fully saturated rings. The summed E-state index contributed by atoms with van der Waals surface area (Å²) in [6.07, 6.45) is 7.78. The Morgan fingerprint density at radius 3 is 2.82 bits per heavy atom. The number of hydrogen-bond acceptors (Lipinski definition) is 5. The van der Waals surface area contributed by atoms with Crippen molar-refractivity contribution in [3.05, 3.63) is 11.6 Å². The fraction of sp³-hybridized carbons (Fsp3) is 0.850. The fourth-order valence-electron chi connectivity index (χ4n) is 4.71. The predicted octanol–water partition coefficient (Wildman–Crippen LogP) is 1.69. The molecule has 1 aromatic heterocycles. The first-order valence-corrected chi connectivity index (χ1v) is 10.8. The van der Waals surface area contributed by atoms with Crippen molar-refractivity contribution in [3.63, 3.8) is 0 Å². The normalized spacial score (nSPS) is 28.8. The number of rotatable bonds is 7. The van der Waals surface area contributed by atoms with Gasteiger partial charge in [0.15, 0.2) is 11.8 Å². The number of hydrogen-bond donors (Lipinski definition) is 2. The summed E-state index contributed by atoms with van der Waals surface area (Å²) < 4.78 is 13.7. The van der Waals surface area contributed by atoms with Crippen molar-refractivity contribution in [1.82, 2.24) is 25.4 Å². The average Bonchev–Trinajstić information content (AvgIpc) is 3.26. The van der Waals surface area contributed by atoms with Gasteiger partial charge < -0.3 is 24.7 Å². The van der Waals surface area contributed by atoms with Crippen LogP contribution in [0.15, 0.2) is 4.99 Å². The van der Waals surface area contributed by atoms with Crippen molar-refractivity contribution < 1.29 is 9.47 Å². The Morgan fingerprint density at radius 1 is 1.36 bits per heavy atom. The molecule has 2 N–H and O–H groups in total. The van der Waals surface area contributed by atoms with E-state index < -0.39 is 0 Å². The molecule has 0 bridgehead atoms. The zero-order chi connectivity index (χ0) is 19.6. The van der Waals surface area contributed by atoms with Crippen molar-refractivity contribution >= 4 is 5.96 Å². The van der Waals surface area contributed by atoms with E-state index in [4.69, 9.17) is 14.5 Å². The highest BCUT2D eigenvalue weighted by Crippen LogP contribution is 2.57. The van der Waals surface area contributed by atoms with E-state index in [0.29, 0.717) is 24.1 Å². The van der Waals surface area contributed by atoms with Crippen LogP contribution in [-0.2, 0) is 23.1 Å². The Bertz CT molecular complexity index is 693. The standard InChI is InChI=1S/C20H34N6O2/c1-4-27-17-11-16(20(17)8-6-9-20)23-19(21-12-15-7-5-10-28-15)22-13-18-25-24-14(2)26(18)3/h15-17H,4-13H2,1-3H3,(H2,21,22,23). The number of aliphatic imine (C=N–C) groups is 1. The lowest BCUT2D eigenvalue weighted by atomic mass is 9.51. The summed E-state index contributed by atoms with van der Waals surface area (Å²) in [4.78, 5) is 4.82. The van der Waals surface area contributed by atoms with Gasteiger partial charge in [-0.25, -0.2) is 4.99 Å². The third-order valence-corrected chi connectivity index (χ3v) is 6.83. The van der Waals surface area contributed by atoms with Gasteiger partial charge in [0.1, 0.15) is 12.4 Å². The third-order valence-electron chi connectivity index (χ3n) is 6.83. The summed E-state index contributed by atoms with van der Waals surface area (Å²) in [5.41, 5.74) is 0.295. The van der Waals surface area contributed by atoms with Crippen LogP contribution in [0.25, 0.3) is 0 Å². The Labute approximate surface area is 167 Å². The van der Waals surface area contributed by atoms with Crippen molar-refractivity contribution in [3.8, 4) is 0 Å². The van der Waals surface area contributed by atoms with Gasteiger partial charge in [-0.1, -0.05) is 6.42 Å². The van der Waals surface area contributed by atoms with Crippen molar-refractivity contribution in [1.29, 1.82) is 0 Å². The van der Waals surface area contributed by atoms with E-state index in [-0.39, 0.29) is 6.10 Å². The van der Waals surface area contributed by atoms with Gasteiger partial charge in [0, 0.05) is 38.3 Å². The molecule has 0 radical (unpaired) electrons. The van der Waals surface area contributed by atoms with Crippen LogP contribution in [0.4, 0.5) is 0 Å². The maximum absolute atomic E-state index is 5.99. The van der Waals surface area contributed by atoms with Gasteiger partial charge >= 0.3 is 0 Å². The molecule has 1 saturated heterocycles. The number of guanidine groups is 1. The monoisotopic (exact) mass is 390 g/mol. The molecule has 3 unspecified atom stereocenters. The molecule has 2 aliphatic carbocycles. The molecule has 28 heavy (non-hydrogen) atoms. The molecule has 0 amide bonds. The molecule has 8 nitrogen and oxygen atoms in total. The van der Waals surface area contributed by atoms with E-state index in [9.17, 15) is 0 Å². The van der Waals surface area contributed by atoms with E-state index in [2.05, 4.69) is 27.8 Å². The second-order valence-electron chi connectivity index (χ2n) is 8.37. The van der Waals surface area contributed by atoms with Crippen LogP contribution in [0.3, 0.4) is 0 Å². The van der Waals surface area contributed by atoms with Gasteiger partial charge in [-0.3, -0.25) is 0 Å². The smallest absolute Gasteiger partial charge is 0.192 e. The summed E-state index contributed by atoms with van der Waals surface area (Å²) >= 11 is 0. The molecule has 2 saturated carbocycles. The van der Waals surface area contributed by atoms with Gasteiger partial charge in [0.25, 0.3) is 0 Å². The quantitative estimate of drug-likeness (QED) is 0.544. The summed E-state index contributed by atoms with van der Waals surface area (Å²) in [5, 5.41) is 15.6. The largest absolute Gasteiger partial charge is 0.378 e. The molecule has 0 aromatic carbocycles. The minimum atomic E-state index is 0.277. The van der Waals surface area contributed by atoms with E-state index in [1.165, 1.54) is 19.3 Å². The Morgan fingerprint density at radius 2 is 2.21 bits per heavy atom. The molecular weight excluding hydrogens is 356 g/mol. The van der Waals surface area contributed by atoms with Crippen LogP contribution in [0, 0.1) is 12.3 Å². The lowest BCUT2D eigenvalue weighted by molar-refractivity contribution is -0.168. The molecule has 3 aliphatic rings. The SMILES string of the molecule is CCOC1CC(NC(=NCc2nnc(C)n2C)NCC2CCCO2)C12CCC2. The number of nitrogens with one attached hydrogen (secondary N) is 2. The van der Waals surface area contributed by atoms with Crippen LogP contribution in [-0.4, -0.2) is 58.7 Å². The van der Waals surface area contributed by atoms with Gasteiger partial charge in [0.2, 0.25) is 0 Å². The van der Waals surface area contributed by atoms with Crippen LogP contribution < -0.4 is 10.6 Å². The topological polar surface area (TPSA) is 85.6 Å². The molecule has 2 heterocycles. The lowest BCUT2D eigenvalue weighted by Gasteiger charge is -2.61. The second kappa shape index (κ2) is 8.37. The molecule has 1 aromatic rings. The van der Waals surface area contributed by atoms with E-state index >= 15 is 0 Å². The molecule has 4 rings (SSSR count). The number of nitrogens with zero attached hydrogens (tertiary/aromatic N) is 4. The lowest BCUT2D eigenvalue weighted by Crippen LogP contribution is -2.68. The molecule has 1 spiro atoms.